The van der Waals surface area contributed by atoms with E-state index < -0.39 is 0 Å². The summed E-state index contributed by atoms with van der Waals surface area (Å²) < 4.78 is 12.9. The normalized spacial score (nSPS) is 15.3. The molecule has 1 aliphatic carbocycles. The quantitative estimate of drug-likeness (QED) is 0.836. The maximum atomic E-state index is 12.9. The Balaban J connectivity index is 0.000000830. The van der Waals surface area contributed by atoms with Gasteiger partial charge in [0.1, 0.15) is 5.82 Å². The summed E-state index contributed by atoms with van der Waals surface area (Å²) >= 11 is 0. The average molecular weight is 267 g/mol. The molecule has 1 aromatic carbocycles. The second-order valence-electron chi connectivity index (χ2n) is 5.03. The number of amides is 1. The van der Waals surface area contributed by atoms with Crippen LogP contribution in [0.3, 0.4) is 0 Å². The average Bonchev–Trinajstić information content (AvgIpc) is 2.41. The molecule has 2 nitrogen and oxygen atoms in total. The zero-order valence-corrected chi connectivity index (χ0v) is 11.9. The number of hydrogen-bond acceptors (Lipinski definition) is 1. The van der Waals surface area contributed by atoms with Crippen molar-refractivity contribution in [1.82, 2.24) is 5.32 Å². The van der Waals surface area contributed by atoms with Crippen molar-refractivity contribution < 1.29 is 10.6 Å². The fourth-order valence-corrected chi connectivity index (χ4v) is 2.15. The third-order valence-electron chi connectivity index (χ3n) is 3.03. The molecule has 0 unspecified atom stereocenters. The predicted octanol–water partition coefficient (Wildman–Crippen LogP) is 4.55. The second kappa shape index (κ2) is 8.68. The van der Waals surface area contributed by atoms with Crippen LogP contribution in [-0.4, -0.2) is 11.9 Å². The number of carbonyl (C=O) groups is 1. The molecule has 0 radical (unpaired) electrons. The summed E-state index contributed by atoms with van der Waals surface area (Å²) in [5.41, 5.74) is 0.408. The van der Waals surface area contributed by atoms with Crippen molar-refractivity contribution in [2.24, 2.45) is 0 Å². The third-order valence-corrected chi connectivity index (χ3v) is 3.03. The van der Waals surface area contributed by atoms with Gasteiger partial charge in [0, 0.05) is 13.0 Å². The van der Waals surface area contributed by atoms with Gasteiger partial charge in [0.15, 0.2) is 0 Å². The highest BCUT2D eigenvalue weighted by Crippen LogP contribution is 2.17. The Bertz CT molecular complexity index is 392. The van der Waals surface area contributed by atoms with Gasteiger partial charge < -0.3 is 5.32 Å². The first-order valence-electron chi connectivity index (χ1n) is 7.23. The van der Waals surface area contributed by atoms with Crippen LogP contribution in [0.15, 0.2) is 24.3 Å². The summed E-state index contributed by atoms with van der Waals surface area (Å²) in [7, 11) is 0. The van der Waals surface area contributed by atoms with E-state index in [0.717, 1.165) is 12.8 Å². The van der Waals surface area contributed by atoms with Crippen LogP contribution in [0, 0.1) is 5.82 Å². The van der Waals surface area contributed by atoms with Crippen LogP contribution in [0.25, 0.3) is 0 Å². The molecule has 0 spiro atoms. The minimum atomic E-state index is -0.365. The lowest BCUT2D eigenvalue weighted by atomic mass is 9.95. The number of nitrogens with one attached hydrogen (secondary N) is 1. The van der Waals surface area contributed by atoms with Crippen LogP contribution >= 0.6 is 0 Å². The van der Waals surface area contributed by atoms with E-state index in [2.05, 4.69) is 19.2 Å². The fraction of sp³-hybridized carbons (Fsp3) is 0.562. The minimum Gasteiger partial charge on any atom is -0.349 e. The van der Waals surface area contributed by atoms with Crippen LogP contribution in [-0.2, 0) is 0 Å². The van der Waals surface area contributed by atoms with E-state index in [9.17, 15) is 9.18 Å². The summed E-state index contributed by atoms with van der Waals surface area (Å²) in [4.78, 5) is 11.8. The van der Waals surface area contributed by atoms with E-state index in [0.29, 0.717) is 5.56 Å². The van der Waals surface area contributed by atoms with Crippen molar-refractivity contribution in [3.8, 4) is 0 Å². The minimum absolute atomic E-state index is 0. The molecule has 1 saturated carbocycles. The molecule has 0 heterocycles. The smallest absolute Gasteiger partial charge is 0.251 e. The molecule has 1 aliphatic rings. The van der Waals surface area contributed by atoms with Crippen LogP contribution in [0.4, 0.5) is 4.39 Å². The first-order valence-corrected chi connectivity index (χ1v) is 7.23. The van der Waals surface area contributed by atoms with Crippen molar-refractivity contribution >= 4 is 5.91 Å². The number of hydrogen-bond donors (Lipinski definition) is 1. The van der Waals surface area contributed by atoms with Crippen LogP contribution in [0.2, 0.25) is 0 Å². The molecule has 1 N–H and O–H groups in total. The molecular weight excluding hydrogens is 241 g/mol. The Kier molecular flexibility index (Phi) is 7.16. The van der Waals surface area contributed by atoms with Gasteiger partial charge in [-0.1, -0.05) is 45.6 Å². The van der Waals surface area contributed by atoms with Crippen LogP contribution in [0.1, 0.15) is 64.2 Å². The molecule has 0 atom stereocenters. The number of rotatable bonds is 2. The summed E-state index contributed by atoms with van der Waals surface area (Å²) in [6.07, 6.45) is 6.94. The van der Waals surface area contributed by atoms with Crippen molar-refractivity contribution in [1.29, 1.82) is 0 Å². The van der Waals surface area contributed by atoms with Gasteiger partial charge >= 0.3 is 0 Å². The molecule has 19 heavy (non-hydrogen) atoms. The molecule has 2 rings (SSSR count). The van der Waals surface area contributed by atoms with Gasteiger partial charge in [-0.3, -0.25) is 4.79 Å². The highest BCUT2D eigenvalue weighted by Gasteiger charge is 2.16. The van der Waals surface area contributed by atoms with Crippen LogP contribution < -0.4 is 5.32 Å². The third kappa shape index (κ3) is 5.86. The molecule has 0 bridgehead atoms. The SMILES string of the molecule is CCC.O=C(NC1CCCCC1)c1cccc(F)c1.[HH]. The summed E-state index contributed by atoms with van der Waals surface area (Å²) in [5, 5.41) is 2.96. The Hall–Kier alpha value is -1.38. The molecule has 0 saturated heterocycles. The van der Waals surface area contributed by atoms with Crippen molar-refractivity contribution in [2.45, 2.75) is 58.4 Å². The summed E-state index contributed by atoms with van der Waals surface area (Å²) in [6, 6.07) is 6.09. The molecule has 1 aromatic rings. The van der Waals surface area contributed by atoms with E-state index in [1.165, 1.54) is 37.8 Å². The molecular formula is C16H26FNO. The Morgan fingerprint density at radius 1 is 1.32 bits per heavy atom. The van der Waals surface area contributed by atoms with Crippen LogP contribution in [0.5, 0.6) is 0 Å². The number of benzene rings is 1. The second-order valence-corrected chi connectivity index (χ2v) is 5.03. The molecule has 108 valence electrons. The fourth-order valence-electron chi connectivity index (χ4n) is 2.15. The first kappa shape index (κ1) is 15.7. The van der Waals surface area contributed by atoms with Gasteiger partial charge in [-0.25, -0.2) is 4.39 Å². The lowest BCUT2D eigenvalue weighted by Crippen LogP contribution is -2.36. The van der Waals surface area contributed by atoms with Gasteiger partial charge in [0.2, 0.25) is 0 Å². The first-order chi connectivity index (χ1) is 9.17. The topological polar surface area (TPSA) is 29.1 Å². The van der Waals surface area contributed by atoms with Crippen molar-refractivity contribution in [3.05, 3.63) is 35.6 Å². The maximum Gasteiger partial charge on any atom is 0.251 e. The van der Waals surface area contributed by atoms with E-state index in [1.54, 1.807) is 12.1 Å². The predicted molar refractivity (Wildman–Crippen MR) is 78.8 cm³/mol. The summed E-state index contributed by atoms with van der Waals surface area (Å²) in [5.74, 6) is -0.525. The largest absolute Gasteiger partial charge is 0.349 e. The molecule has 3 heteroatoms. The molecule has 1 fully saturated rings. The van der Waals surface area contributed by atoms with Gasteiger partial charge in [0.05, 0.1) is 0 Å². The standard InChI is InChI=1S/C13H16FNO.C3H8.H2/c14-11-6-4-5-10(9-11)13(16)15-12-7-2-1-3-8-12;1-3-2;/h4-6,9,12H,1-3,7-8H2,(H,15,16);3H2,1-2H3;1H. The van der Waals surface area contributed by atoms with E-state index in [1.807, 2.05) is 0 Å². The Morgan fingerprint density at radius 3 is 2.53 bits per heavy atom. The van der Waals surface area contributed by atoms with E-state index in [4.69, 9.17) is 0 Å². The zero-order valence-electron chi connectivity index (χ0n) is 11.9. The maximum absolute atomic E-state index is 12.9. The number of halogens is 1. The van der Waals surface area contributed by atoms with Gasteiger partial charge in [0.25, 0.3) is 5.91 Å². The van der Waals surface area contributed by atoms with E-state index >= 15 is 0 Å². The molecule has 0 aliphatic heterocycles. The molecule has 0 aromatic heterocycles. The number of carbonyl (C=O) groups excluding carboxylic acids is 1. The van der Waals surface area contributed by atoms with Gasteiger partial charge in [-0.15, -0.1) is 0 Å². The lowest BCUT2D eigenvalue weighted by Gasteiger charge is -2.22. The zero-order chi connectivity index (χ0) is 14.1. The Labute approximate surface area is 116 Å². The van der Waals surface area contributed by atoms with Crippen molar-refractivity contribution in [2.75, 3.05) is 0 Å². The highest BCUT2D eigenvalue weighted by atomic mass is 19.1. The van der Waals surface area contributed by atoms with Crippen molar-refractivity contribution in [3.63, 3.8) is 0 Å². The Morgan fingerprint density at radius 2 is 1.95 bits per heavy atom. The van der Waals surface area contributed by atoms with E-state index in [-0.39, 0.29) is 19.2 Å². The van der Waals surface area contributed by atoms with Gasteiger partial charge in [-0.2, -0.15) is 0 Å². The van der Waals surface area contributed by atoms with Gasteiger partial charge in [-0.05, 0) is 31.0 Å². The lowest BCUT2D eigenvalue weighted by molar-refractivity contribution is 0.0927. The summed E-state index contributed by atoms with van der Waals surface area (Å²) in [6.45, 7) is 4.25. The molecule has 1 amide bonds. The monoisotopic (exact) mass is 267 g/mol. The highest BCUT2D eigenvalue weighted by molar-refractivity contribution is 5.94.